The van der Waals surface area contributed by atoms with Gasteiger partial charge >= 0.3 is 0 Å². The molecule has 0 saturated heterocycles. The van der Waals surface area contributed by atoms with Gasteiger partial charge in [-0.15, -0.1) is 0 Å². The van der Waals surface area contributed by atoms with E-state index in [1.54, 1.807) is 0 Å². The molecule has 0 amide bonds. The summed E-state index contributed by atoms with van der Waals surface area (Å²) in [5.74, 6) is 1.58. The summed E-state index contributed by atoms with van der Waals surface area (Å²) in [4.78, 5) is 0. The van der Waals surface area contributed by atoms with E-state index < -0.39 is 0 Å². The molecule has 72 valence electrons. The van der Waals surface area contributed by atoms with E-state index in [2.05, 4.69) is 12.0 Å². The first-order chi connectivity index (χ1) is 6.24. The van der Waals surface area contributed by atoms with Gasteiger partial charge < -0.3 is 5.73 Å². The predicted octanol–water partition coefficient (Wildman–Crippen LogP) is 1.83. The normalized spacial score (nSPS) is 16.5. The fourth-order valence-corrected chi connectivity index (χ4v) is 1.79. The minimum Gasteiger partial charge on any atom is -0.384 e. The Hall–Kier alpha value is -0.990. The molecule has 1 aliphatic rings. The quantitative estimate of drug-likeness (QED) is 0.769. The molecule has 1 fully saturated rings. The van der Waals surface area contributed by atoms with E-state index >= 15 is 0 Å². The van der Waals surface area contributed by atoms with E-state index in [4.69, 9.17) is 5.73 Å². The molecule has 2 N–H and O–H groups in total. The van der Waals surface area contributed by atoms with E-state index in [0.717, 1.165) is 18.7 Å². The van der Waals surface area contributed by atoms with Gasteiger partial charge in [0, 0.05) is 18.5 Å². The molecule has 1 aromatic heterocycles. The van der Waals surface area contributed by atoms with Crippen LogP contribution in [-0.2, 0) is 13.5 Å². The predicted molar refractivity (Wildman–Crippen MR) is 53.6 cm³/mol. The van der Waals surface area contributed by atoms with Crippen molar-refractivity contribution in [2.45, 2.75) is 38.5 Å². The Morgan fingerprint density at radius 3 is 2.77 bits per heavy atom. The highest BCUT2D eigenvalue weighted by Crippen LogP contribution is 2.42. The largest absolute Gasteiger partial charge is 0.384 e. The molecule has 0 bridgehead atoms. The molecule has 1 aromatic rings. The van der Waals surface area contributed by atoms with Crippen LogP contribution in [0.1, 0.15) is 43.4 Å². The van der Waals surface area contributed by atoms with Crippen molar-refractivity contribution in [3.63, 3.8) is 0 Å². The molecule has 0 spiro atoms. The Balaban J connectivity index is 2.35. The van der Waals surface area contributed by atoms with E-state index in [-0.39, 0.29) is 0 Å². The fraction of sp³-hybridized carbons (Fsp3) is 0.700. The molecular formula is C10H17N3. The molecule has 3 nitrogen and oxygen atoms in total. The van der Waals surface area contributed by atoms with Gasteiger partial charge in [0.05, 0.1) is 5.69 Å². The highest BCUT2D eigenvalue weighted by Gasteiger charge is 2.30. The second kappa shape index (κ2) is 3.05. The van der Waals surface area contributed by atoms with Crippen LogP contribution in [-0.4, -0.2) is 9.78 Å². The summed E-state index contributed by atoms with van der Waals surface area (Å²) in [5.41, 5.74) is 8.52. The lowest BCUT2D eigenvalue weighted by Crippen LogP contribution is -1.99. The van der Waals surface area contributed by atoms with Crippen LogP contribution in [0.2, 0.25) is 0 Å². The Morgan fingerprint density at radius 2 is 2.23 bits per heavy atom. The monoisotopic (exact) mass is 179 g/mol. The first kappa shape index (κ1) is 8.60. The highest BCUT2D eigenvalue weighted by atomic mass is 15.3. The zero-order chi connectivity index (χ0) is 9.42. The van der Waals surface area contributed by atoms with Crippen LogP contribution in [0.25, 0.3) is 0 Å². The number of nitrogens with two attached hydrogens (primary N) is 1. The van der Waals surface area contributed by atoms with Gasteiger partial charge in [-0.2, -0.15) is 5.10 Å². The van der Waals surface area contributed by atoms with Crippen molar-refractivity contribution in [2.24, 2.45) is 7.05 Å². The molecule has 13 heavy (non-hydrogen) atoms. The first-order valence-corrected chi connectivity index (χ1v) is 5.05. The lowest BCUT2D eigenvalue weighted by Gasteiger charge is -1.99. The molecule has 0 aromatic carbocycles. The maximum Gasteiger partial charge on any atom is 0.124 e. The van der Waals surface area contributed by atoms with Crippen molar-refractivity contribution >= 4 is 5.82 Å². The van der Waals surface area contributed by atoms with Crippen LogP contribution in [0.3, 0.4) is 0 Å². The maximum atomic E-state index is 5.96. The molecule has 1 saturated carbocycles. The van der Waals surface area contributed by atoms with Crippen LogP contribution < -0.4 is 5.73 Å². The van der Waals surface area contributed by atoms with Crippen LogP contribution >= 0.6 is 0 Å². The van der Waals surface area contributed by atoms with Gasteiger partial charge in [-0.1, -0.05) is 13.3 Å². The summed E-state index contributed by atoms with van der Waals surface area (Å²) in [6.07, 6.45) is 4.82. The molecule has 0 aliphatic heterocycles. The van der Waals surface area contributed by atoms with Crippen molar-refractivity contribution in [3.05, 3.63) is 11.3 Å². The van der Waals surface area contributed by atoms with Gasteiger partial charge in [-0.25, -0.2) is 0 Å². The highest BCUT2D eigenvalue weighted by molar-refractivity contribution is 5.45. The van der Waals surface area contributed by atoms with Crippen molar-refractivity contribution in [3.8, 4) is 0 Å². The Morgan fingerprint density at radius 1 is 1.54 bits per heavy atom. The summed E-state index contributed by atoms with van der Waals surface area (Å²) in [6.45, 7) is 2.18. The second-order valence-electron chi connectivity index (χ2n) is 3.90. The van der Waals surface area contributed by atoms with Crippen molar-refractivity contribution < 1.29 is 0 Å². The number of aromatic nitrogens is 2. The SMILES string of the molecule is CCCc1c(C2CC2)nn(C)c1N. The van der Waals surface area contributed by atoms with Crippen LogP contribution in [0.5, 0.6) is 0 Å². The number of nitrogen functional groups attached to an aromatic ring is 1. The zero-order valence-corrected chi connectivity index (χ0v) is 8.38. The zero-order valence-electron chi connectivity index (χ0n) is 8.38. The van der Waals surface area contributed by atoms with Crippen molar-refractivity contribution in [2.75, 3.05) is 5.73 Å². The van der Waals surface area contributed by atoms with Crippen LogP contribution in [0.15, 0.2) is 0 Å². The van der Waals surface area contributed by atoms with Gasteiger partial charge in [0.1, 0.15) is 5.82 Å². The fourth-order valence-electron chi connectivity index (χ4n) is 1.79. The van der Waals surface area contributed by atoms with Crippen LogP contribution in [0.4, 0.5) is 5.82 Å². The van der Waals surface area contributed by atoms with Crippen molar-refractivity contribution in [1.82, 2.24) is 9.78 Å². The summed E-state index contributed by atoms with van der Waals surface area (Å²) < 4.78 is 1.82. The molecule has 0 radical (unpaired) electrons. The molecular weight excluding hydrogens is 162 g/mol. The average molecular weight is 179 g/mol. The molecule has 0 unspecified atom stereocenters. The van der Waals surface area contributed by atoms with E-state index in [1.807, 2.05) is 11.7 Å². The smallest absolute Gasteiger partial charge is 0.124 e. The van der Waals surface area contributed by atoms with Crippen molar-refractivity contribution in [1.29, 1.82) is 0 Å². The number of nitrogens with zero attached hydrogens (tertiary/aromatic N) is 2. The van der Waals surface area contributed by atoms with E-state index in [1.165, 1.54) is 24.1 Å². The standard InChI is InChI=1S/C10H17N3/c1-3-4-8-9(7-5-6-7)12-13(2)10(8)11/h7H,3-6,11H2,1-2H3. The minimum absolute atomic E-state index is 0.713. The molecule has 2 rings (SSSR count). The molecule has 0 atom stereocenters. The first-order valence-electron chi connectivity index (χ1n) is 5.05. The number of hydrogen-bond donors (Lipinski definition) is 1. The third kappa shape index (κ3) is 1.43. The minimum atomic E-state index is 0.713. The van der Waals surface area contributed by atoms with Gasteiger partial charge in [0.25, 0.3) is 0 Å². The van der Waals surface area contributed by atoms with Crippen LogP contribution in [0, 0.1) is 0 Å². The Bertz CT molecular complexity index is 310. The Kier molecular flexibility index (Phi) is 2.02. The maximum absolute atomic E-state index is 5.96. The number of aryl methyl sites for hydroxylation is 1. The summed E-state index contributed by atoms with van der Waals surface area (Å²) in [7, 11) is 1.93. The van der Waals surface area contributed by atoms with E-state index in [9.17, 15) is 0 Å². The summed E-state index contributed by atoms with van der Waals surface area (Å²) in [5, 5.41) is 4.48. The van der Waals surface area contributed by atoms with Gasteiger partial charge in [-0.05, 0) is 19.3 Å². The molecule has 3 heteroatoms. The van der Waals surface area contributed by atoms with Gasteiger partial charge in [-0.3, -0.25) is 4.68 Å². The number of anilines is 1. The third-order valence-corrected chi connectivity index (χ3v) is 2.69. The van der Waals surface area contributed by atoms with E-state index in [0.29, 0.717) is 5.92 Å². The Labute approximate surface area is 78.9 Å². The average Bonchev–Trinajstić information content (AvgIpc) is 2.89. The lowest BCUT2D eigenvalue weighted by atomic mass is 10.1. The number of rotatable bonds is 3. The second-order valence-corrected chi connectivity index (χ2v) is 3.90. The van der Waals surface area contributed by atoms with Gasteiger partial charge in [0.2, 0.25) is 0 Å². The summed E-state index contributed by atoms with van der Waals surface area (Å²) >= 11 is 0. The molecule has 1 aliphatic carbocycles. The lowest BCUT2D eigenvalue weighted by molar-refractivity contribution is 0.753. The molecule has 1 heterocycles. The summed E-state index contributed by atoms with van der Waals surface area (Å²) in [6, 6.07) is 0. The topological polar surface area (TPSA) is 43.8 Å². The number of hydrogen-bond acceptors (Lipinski definition) is 2. The third-order valence-electron chi connectivity index (χ3n) is 2.69. The van der Waals surface area contributed by atoms with Gasteiger partial charge in [0.15, 0.2) is 0 Å².